The summed E-state index contributed by atoms with van der Waals surface area (Å²) in [4.78, 5) is 11.9. The van der Waals surface area contributed by atoms with Crippen LogP contribution in [-0.4, -0.2) is 11.9 Å². The second-order valence-electron chi connectivity index (χ2n) is 4.79. The van der Waals surface area contributed by atoms with E-state index in [1.807, 2.05) is 38.1 Å². The van der Waals surface area contributed by atoms with E-state index < -0.39 is 0 Å². The van der Waals surface area contributed by atoms with E-state index in [9.17, 15) is 4.79 Å². The predicted molar refractivity (Wildman–Crippen MR) is 84.4 cm³/mol. The zero-order valence-electron chi connectivity index (χ0n) is 12.1. The van der Waals surface area contributed by atoms with Crippen molar-refractivity contribution in [2.24, 2.45) is 0 Å². The minimum absolute atomic E-state index is 0.130. The molecule has 0 aliphatic heterocycles. The van der Waals surface area contributed by atoms with Crippen LogP contribution < -0.4 is 10.1 Å². The Balaban J connectivity index is 1.91. The zero-order chi connectivity index (χ0) is 15.2. The molecule has 1 atom stereocenters. The maximum atomic E-state index is 11.9. The van der Waals surface area contributed by atoms with Crippen LogP contribution in [0, 0.1) is 0 Å². The highest BCUT2D eigenvalue weighted by Gasteiger charge is 2.13. The van der Waals surface area contributed by atoms with Gasteiger partial charge in [0.25, 0.3) is 5.91 Å². The first kappa shape index (κ1) is 15.6. The molecule has 21 heavy (non-hydrogen) atoms. The molecule has 0 aliphatic carbocycles. The SMILES string of the molecule is CCC(C)NC(=O)c1ccc(COc2ccc(Br)cc2)o1. The molecular formula is C16H18BrNO3. The number of nitrogens with one attached hydrogen (secondary N) is 1. The first-order valence-corrected chi connectivity index (χ1v) is 7.65. The fourth-order valence-corrected chi connectivity index (χ4v) is 1.92. The summed E-state index contributed by atoms with van der Waals surface area (Å²) in [7, 11) is 0. The Bertz CT molecular complexity index is 592. The van der Waals surface area contributed by atoms with Gasteiger partial charge < -0.3 is 14.5 Å². The van der Waals surface area contributed by atoms with E-state index in [1.54, 1.807) is 12.1 Å². The number of ether oxygens (including phenoxy) is 1. The molecule has 1 aromatic carbocycles. The van der Waals surface area contributed by atoms with Crippen LogP contribution in [0.2, 0.25) is 0 Å². The van der Waals surface area contributed by atoms with Gasteiger partial charge in [-0.3, -0.25) is 4.79 Å². The third kappa shape index (κ3) is 4.63. The lowest BCUT2D eigenvalue weighted by Crippen LogP contribution is -2.31. The number of benzene rings is 1. The van der Waals surface area contributed by atoms with E-state index in [2.05, 4.69) is 21.2 Å². The van der Waals surface area contributed by atoms with Crippen molar-refractivity contribution in [3.8, 4) is 5.75 Å². The Kier molecular flexibility index (Phi) is 5.44. The van der Waals surface area contributed by atoms with Gasteiger partial charge in [-0.1, -0.05) is 22.9 Å². The molecule has 0 radical (unpaired) electrons. The Hall–Kier alpha value is -1.75. The summed E-state index contributed by atoms with van der Waals surface area (Å²) in [6.45, 7) is 4.27. The average Bonchev–Trinajstić information content (AvgIpc) is 2.95. The Morgan fingerprint density at radius 1 is 1.29 bits per heavy atom. The van der Waals surface area contributed by atoms with E-state index in [1.165, 1.54) is 0 Å². The van der Waals surface area contributed by atoms with Gasteiger partial charge in [0.2, 0.25) is 0 Å². The van der Waals surface area contributed by atoms with Crippen molar-refractivity contribution in [2.75, 3.05) is 0 Å². The van der Waals surface area contributed by atoms with Gasteiger partial charge in [0.05, 0.1) is 0 Å². The monoisotopic (exact) mass is 351 g/mol. The maximum absolute atomic E-state index is 11.9. The van der Waals surface area contributed by atoms with Crippen LogP contribution in [0.4, 0.5) is 0 Å². The number of furan rings is 1. The van der Waals surface area contributed by atoms with Crippen molar-refractivity contribution in [3.05, 3.63) is 52.4 Å². The smallest absolute Gasteiger partial charge is 0.287 e. The lowest BCUT2D eigenvalue weighted by Gasteiger charge is -2.09. The number of halogens is 1. The molecule has 0 saturated carbocycles. The highest BCUT2D eigenvalue weighted by molar-refractivity contribution is 9.10. The Morgan fingerprint density at radius 3 is 2.67 bits per heavy atom. The molecule has 0 saturated heterocycles. The van der Waals surface area contributed by atoms with Gasteiger partial charge in [0, 0.05) is 10.5 Å². The van der Waals surface area contributed by atoms with E-state index in [-0.39, 0.29) is 18.6 Å². The third-order valence-electron chi connectivity index (χ3n) is 3.07. The second-order valence-corrected chi connectivity index (χ2v) is 5.71. The second kappa shape index (κ2) is 7.31. The van der Waals surface area contributed by atoms with E-state index in [0.717, 1.165) is 16.6 Å². The summed E-state index contributed by atoms with van der Waals surface area (Å²) in [5.41, 5.74) is 0. The lowest BCUT2D eigenvalue weighted by molar-refractivity contribution is 0.0907. The van der Waals surface area contributed by atoms with Crippen molar-refractivity contribution in [1.82, 2.24) is 5.32 Å². The highest BCUT2D eigenvalue weighted by atomic mass is 79.9. The fourth-order valence-electron chi connectivity index (χ4n) is 1.66. The van der Waals surface area contributed by atoms with Crippen LogP contribution in [0.3, 0.4) is 0 Å². The maximum Gasteiger partial charge on any atom is 0.287 e. The van der Waals surface area contributed by atoms with Gasteiger partial charge in [-0.2, -0.15) is 0 Å². The summed E-state index contributed by atoms with van der Waals surface area (Å²) in [6.07, 6.45) is 0.881. The van der Waals surface area contributed by atoms with E-state index >= 15 is 0 Å². The first-order valence-electron chi connectivity index (χ1n) is 6.86. The molecule has 0 bridgehead atoms. The van der Waals surface area contributed by atoms with E-state index in [0.29, 0.717) is 11.5 Å². The number of rotatable bonds is 6. The molecule has 2 rings (SSSR count). The zero-order valence-corrected chi connectivity index (χ0v) is 13.6. The number of carbonyl (C=O) groups excluding carboxylic acids is 1. The van der Waals surface area contributed by atoms with Crippen LogP contribution in [0.25, 0.3) is 0 Å². The third-order valence-corrected chi connectivity index (χ3v) is 3.60. The Labute approximate surface area is 132 Å². The van der Waals surface area contributed by atoms with Gasteiger partial charge in [-0.05, 0) is 49.7 Å². The molecule has 4 nitrogen and oxygen atoms in total. The van der Waals surface area contributed by atoms with Gasteiger partial charge in [0.15, 0.2) is 5.76 Å². The van der Waals surface area contributed by atoms with Crippen LogP contribution in [-0.2, 0) is 6.61 Å². The van der Waals surface area contributed by atoms with Crippen molar-refractivity contribution >= 4 is 21.8 Å². The largest absolute Gasteiger partial charge is 0.486 e. The van der Waals surface area contributed by atoms with Gasteiger partial charge >= 0.3 is 0 Å². The van der Waals surface area contributed by atoms with Crippen LogP contribution in [0.1, 0.15) is 36.6 Å². The Morgan fingerprint density at radius 2 is 2.00 bits per heavy atom. The van der Waals surface area contributed by atoms with Crippen LogP contribution in [0.15, 0.2) is 45.3 Å². The molecular weight excluding hydrogens is 334 g/mol. The molecule has 5 heteroatoms. The standard InChI is InChI=1S/C16H18BrNO3/c1-3-11(2)18-16(19)15-9-8-14(21-15)10-20-13-6-4-12(17)5-7-13/h4-9,11H,3,10H2,1-2H3,(H,18,19). The van der Waals surface area contributed by atoms with Gasteiger partial charge in [0.1, 0.15) is 18.1 Å². The summed E-state index contributed by atoms with van der Waals surface area (Å²) in [5.74, 6) is 1.48. The van der Waals surface area contributed by atoms with Crippen molar-refractivity contribution in [3.63, 3.8) is 0 Å². The number of hydrogen-bond donors (Lipinski definition) is 1. The van der Waals surface area contributed by atoms with Crippen molar-refractivity contribution < 1.29 is 13.9 Å². The topological polar surface area (TPSA) is 51.5 Å². The molecule has 1 amide bonds. The van der Waals surface area contributed by atoms with E-state index in [4.69, 9.17) is 9.15 Å². The van der Waals surface area contributed by atoms with Crippen molar-refractivity contribution in [2.45, 2.75) is 32.9 Å². The first-order chi connectivity index (χ1) is 10.1. The summed E-state index contributed by atoms with van der Waals surface area (Å²) in [6, 6.07) is 11.1. The number of hydrogen-bond acceptors (Lipinski definition) is 3. The minimum Gasteiger partial charge on any atom is -0.486 e. The molecule has 1 unspecified atom stereocenters. The minimum atomic E-state index is -0.195. The highest BCUT2D eigenvalue weighted by Crippen LogP contribution is 2.18. The van der Waals surface area contributed by atoms with Gasteiger partial charge in [-0.15, -0.1) is 0 Å². The average molecular weight is 352 g/mol. The molecule has 1 aromatic heterocycles. The number of amides is 1. The molecule has 112 valence electrons. The predicted octanol–water partition coefficient (Wildman–Crippen LogP) is 4.15. The molecule has 1 N–H and O–H groups in total. The fraction of sp³-hybridized carbons (Fsp3) is 0.312. The van der Waals surface area contributed by atoms with Crippen LogP contribution >= 0.6 is 15.9 Å². The molecule has 1 heterocycles. The molecule has 0 fully saturated rings. The molecule has 0 spiro atoms. The van der Waals surface area contributed by atoms with Crippen LogP contribution in [0.5, 0.6) is 5.75 Å². The normalized spacial score (nSPS) is 12.0. The summed E-state index contributed by atoms with van der Waals surface area (Å²) >= 11 is 3.37. The molecule has 0 aliphatic rings. The van der Waals surface area contributed by atoms with Crippen molar-refractivity contribution in [1.29, 1.82) is 0 Å². The summed E-state index contributed by atoms with van der Waals surface area (Å²) in [5, 5.41) is 2.86. The number of carbonyl (C=O) groups is 1. The lowest BCUT2D eigenvalue weighted by atomic mass is 10.2. The van der Waals surface area contributed by atoms with Gasteiger partial charge in [-0.25, -0.2) is 0 Å². The summed E-state index contributed by atoms with van der Waals surface area (Å²) < 4.78 is 12.1. The quantitative estimate of drug-likeness (QED) is 0.850. The molecule has 2 aromatic rings.